The minimum Gasteiger partial charge on any atom is -0.399 e. The number of nitrogens with two attached hydrogens (primary N) is 1. The predicted molar refractivity (Wildman–Crippen MR) is 88.3 cm³/mol. The number of hydrogen-bond acceptors (Lipinski definition) is 2. The van der Waals surface area contributed by atoms with Crippen LogP contribution in [0.25, 0.3) is 0 Å². The molecule has 0 bridgehead atoms. The Morgan fingerprint density at radius 1 is 1.10 bits per heavy atom. The molecule has 0 aromatic heterocycles. The van der Waals surface area contributed by atoms with E-state index in [-0.39, 0.29) is 5.91 Å². The lowest BCUT2D eigenvalue weighted by molar-refractivity contribution is -0.116. The first-order valence-corrected chi connectivity index (χ1v) is 7.26. The van der Waals surface area contributed by atoms with E-state index in [2.05, 4.69) is 36.5 Å². The lowest BCUT2D eigenvalue weighted by Crippen LogP contribution is -2.12. The van der Waals surface area contributed by atoms with E-state index in [1.807, 2.05) is 19.1 Å². The third-order valence-electron chi connectivity index (χ3n) is 3.53. The first-order valence-electron chi connectivity index (χ1n) is 7.26. The van der Waals surface area contributed by atoms with Crippen molar-refractivity contribution in [3.05, 3.63) is 59.2 Å². The molecule has 3 N–H and O–H groups in total. The van der Waals surface area contributed by atoms with Gasteiger partial charge in [0, 0.05) is 17.8 Å². The van der Waals surface area contributed by atoms with Crippen molar-refractivity contribution < 1.29 is 4.79 Å². The topological polar surface area (TPSA) is 55.1 Å². The molecule has 3 nitrogen and oxygen atoms in total. The lowest BCUT2D eigenvalue weighted by Gasteiger charge is -2.09. The third-order valence-corrected chi connectivity index (χ3v) is 3.53. The summed E-state index contributed by atoms with van der Waals surface area (Å²) in [5.41, 5.74) is 10.8. The Balaban J connectivity index is 1.82. The van der Waals surface area contributed by atoms with Gasteiger partial charge in [0.05, 0.1) is 0 Å². The highest BCUT2D eigenvalue weighted by atomic mass is 16.1. The molecule has 0 unspecified atom stereocenters. The maximum absolute atomic E-state index is 12.0. The monoisotopic (exact) mass is 282 g/mol. The van der Waals surface area contributed by atoms with Gasteiger partial charge in [0.2, 0.25) is 5.91 Å². The van der Waals surface area contributed by atoms with Crippen molar-refractivity contribution in [2.24, 2.45) is 0 Å². The van der Waals surface area contributed by atoms with Gasteiger partial charge in [-0.2, -0.15) is 0 Å². The summed E-state index contributed by atoms with van der Waals surface area (Å²) in [6.07, 6.45) is 2.28. The molecule has 0 saturated carbocycles. The molecule has 0 spiro atoms. The summed E-state index contributed by atoms with van der Waals surface area (Å²) in [5.74, 6) is 0.0378. The largest absolute Gasteiger partial charge is 0.399 e. The van der Waals surface area contributed by atoms with E-state index in [4.69, 9.17) is 5.73 Å². The number of amides is 1. The Morgan fingerprint density at radius 2 is 1.81 bits per heavy atom. The Labute approximate surface area is 126 Å². The number of anilines is 2. The molecule has 0 saturated heterocycles. The lowest BCUT2D eigenvalue weighted by atomic mass is 10.1. The van der Waals surface area contributed by atoms with Crippen LogP contribution in [0, 0.1) is 13.8 Å². The Kier molecular flexibility index (Phi) is 4.99. The summed E-state index contributed by atoms with van der Waals surface area (Å²) in [6, 6.07) is 14.0. The molecule has 0 radical (unpaired) electrons. The zero-order valence-electron chi connectivity index (χ0n) is 12.6. The van der Waals surface area contributed by atoms with E-state index in [9.17, 15) is 4.79 Å². The van der Waals surface area contributed by atoms with Crippen LogP contribution in [0.2, 0.25) is 0 Å². The number of benzene rings is 2. The van der Waals surface area contributed by atoms with Crippen molar-refractivity contribution in [1.29, 1.82) is 0 Å². The van der Waals surface area contributed by atoms with Crippen LogP contribution in [0.4, 0.5) is 11.4 Å². The first-order chi connectivity index (χ1) is 10.0. The molecule has 0 aliphatic carbocycles. The highest BCUT2D eigenvalue weighted by Gasteiger charge is 2.05. The van der Waals surface area contributed by atoms with Crippen LogP contribution in [-0.4, -0.2) is 5.91 Å². The molecule has 2 aromatic carbocycles. The second-order valence-corrected chi connectivity index (χ2v) is 5.46. The van der Waals surface area contributed by atoms with Crippen LogP contribution < -0.4 is 11.1 Å². The molecular weight excluding hydrogens is 260 g/mol. The van der Waals surface area contributed by atoms with Crippen molar-refractivity contribution in [2.45, 2.75) is 33.1 Å². The van der Waals surface area contributed by atoms with E-state index < -0.39 is 0 Å². The Morgan fingerprint density at radius 3 is 2.52 bits per heavy atom. The van der Waals surface area contributed by atoms with Crippen molar-refractivity contribution in [3.63, 3.8) is 0 Å². The number of carbonyl (C=O) groups excluding carboxylic acids is 1. The van der Waals surface area contributed by atoms with Gasteiger partial charge in [-0.3, -0.25) is 4.79 Å². The number of hydrogen-bond donors (Lipinski definition) is 2. The SMILES string of the molecule is Cc1ccc(CCCC(=O)Nc2cc(N)ccc2C)cc1. The van der Waals surface area contributed by atoms with Crippen molar-refractivity contribution in [1.82, 2.24) is 0 Å². The zero-order valence-corrected chi connectivity index (χ0v) is 12.6. The van der Waals surface area contributed by atoms with Gasteiger partial charge in [-0.1, -0.05) is 35.9 Å². The predicted octanol–water partition coefficient (Wildman–Crippen LogP) is 3.85. The normalized spacial score (nSPS) is 10.4. The van der Waals surface area contributed by atoms with Crippen LogP contribution in [0.1, 0.15) is 29.5 Å². The second-order valence-electron chi connectivity index (χ2n) is 5.46. The average molecular weight is 282 g/mol. The second kappa shape index (κ2) is 6.93. The number of rotatable bonds is 5. The smallest absolute Gasteiger partial charge is 0.224 e. The maximum Gasteiger partial charge on any atom is 0.224 e. The van der Waals surface area contributed by atoms with Gasteiger partial charge in [0.25, 0.3) is 0 Å². The van der Waals surface area contributed by atoms with Crippen molar-refractivity contribution in [2.75, 3.05) is 11.1 Å². The highest BCUT2D eigenvalue weighted by Crippen LogP contribution is 2.18. The molecule has 2 rings (SSSR count). The zero-order chi connectivity index (χ0) is 15.2. The molecule has 3 heteroatoms. The van der Waals surface area contributed by atoms with Gasteiger partial charge < -0.3 is 11.1 Å². The Bertz CT molecular complexity index is 618. The van der Waals surface area contributed by atoms with Crippen LogP contribution in [0.15, 0.2) is 42.5 Å². The van der Waals surface area contributed by atoms with Gasteiger partial charge in [-0.15, -0.1) is 0 Å². The molecule has 2 aromatic rings. The fraction of sp³-hybridized carbons (Fsp3) is 0.278. The summed E-state index contributed by atoms with van der Waals surface area (Å²) in [7, 11) is 0. The van der Waals surface area contributed by atoms with Crippen LogP contribution in [0.3, 0.4) is 0 Å². The highest BCUT2D eigenvalue weighted by molar-refractivity contribution is 5.92. The number of carbonyl (C=O) groups is 1. The first kappa shape index (κ1) is 15.1. The molecule has 0 fully saturated rings. The summed E-state index contributed by atoms with van der Waals surface area (Å²) in [5, 5.41) is 2.93. The van der Waals surface area contributed by atoms with E-state index in [1.165, 1.54) is 11.1 Å². The van der Waals surface area contributed by atoms with Gasteiger partial charge in [-0.05, 0) is 49.9 Å². The maximum atomic E-state index is 12.0. The molecule has 0 aliphatic rings. The van der Waals surface area contributed by atoms with E-state index in [0.29, 0.717) is 12.1 Å². The van der Waals surface area contributed by atoms with Crippen LogP contribution >= 0.6 is 0 Å². The average Bonchev–Trinajstić information content (AvgIpc) is 2.45. The van der Waals surface area contributed by atoms with Gasteiger partial charge in [0.1, 0.15) is 0 Å². The van der Waals surface area contributed by atoms with Gasteiger partial charge in [0.15, 0.2) is 0 Å². The van der Waals surface area contributed by atoms with Crippen LogP contribution in [0.5, 0.6) is 0 Å². The fourth-order valence-electron chi connectivity index (χ4n) is 2.19. The third kappa shape index (κ3) is 4.63. The van der Waals surface area contributed by atoms with Crippen molar-refractivity contribution >= 4 is 17.3 Å². The molecular formula is C18H22N2O. The molecule has 110 valence electrons. The fourth-order valence-corrected chi connectivity index (χ4v) is 2.19. The van der Waals surface area contributed by atoms with Crippen molar-refractivity contribution in [3.8, 4) is 0 Å². The van der Waals surface area contributed by atoms with Gasteiger partial charge in [-0.25, -0.2) is 0 Å². The number of aryl methyl sites for hydroxylation is 3. The molecule has 0 heterocycles. The molecule has 0 atom stereocenters. The summed E-state index contributed by atoms with van der Waals surface area (Å²) < 4.78 is 0. The molecule has 0 aliphatic heterocycles. The number of nitrogen functional groups attached to an aromatic ring is 1. The van der Waals surface area contributed by atoms with Gasteiger partial charge >= 0.3 is 0 Å². The van der Waals surface area contributed by atoms with Crippen LogP contribution in [-0.2, 0) is 11.2 Å². The summed E-state index contributed by atoms with van der Waals surface area (Å²) in [6.45, 7) is 4.03. The van der Waals surface area contributed by atoms with E-state index in [0.717, 1.165) is 24.1 Å². The minimum atomic E-state index is 0.0378. The summed E-state index contributed by atoms with van der Waals surface area (Å²) >= 11 is 0. The molecule has 1 amide bonds. The van der Waals surface area contributed by atoms with E-state index in [1.54, 1.807) is 6.07 Å². The Hall–Kier alpha value is -2.29. The molecule has 21 heavy (non-hydrogen) atoms. The number of nitrogens with one attached hydrogen (secondary N) is 1. The quantitative estimate of drug-likeness (QED) is 0.818. The summed E-state index contributed by atoms with van der Waals surface area (Å²) in [4.78, 5) is 12.0. The van der Waals surface area contributed by atoms with E-state index >= 15 is 0 Å². The minimum absolute atomic E-state index is 0.0378. The standard InChI is InChI=1S/C18H22N2O/c1-13-6-9-15(10-7-13)4-3-5-18(21)20-17-12-16(19)11-8-14(17)2/h6-12H,3-5,19H2,1-2H3,(H,20,21).